The molecule has 0 aliphatic carbocycles. The molecule has 7 aromatic rings. The zero-order valence-corrected chi connectivity index (χ0v) is 35.7. The highest BCUT2D eigenvalue weighted by molar-refractivity contribution is 5.90. The van der Waals surface area contributed by atoms with Crippen LogP contribution in [0.1, 0.15) is 73.4 Å². The monoisotopic (exact) mass is 869 g/mol. The number of carboxylic acid groups (broad SMARTS) is 1. The quantitative estimate of drug-likeness (QED) is 0.0636. The van der Waals surface area contributed by atoms with Crippen LogP contribution in [0.15, 0.2) is 71.7 Å². The molecular formula is C47H47N7O10. The van der Waals surface area contributed by atoms with Crippen LogP contribution in [-0.2, 0) is 52.5 Å². The first-order valence-corrected chi connectivity index (χ1v) is 21.2. The summed E-state index contributed by atoms with van der Waals surface area (Å²) in [6.07, 6.45) is 1.50. The van der Waals surface area contributed by atoms with E-state index in [1.807, 2.05) is 67.9 Å². The predicted octanol–water partition coefficient (Wildman–Crippen LogP) is 6.28. The average molecular weight is 870 g/mol. The van der Waals surface area contributed by atoms with E-state index < -0.39 is 17.7 Å². The van der Waals surface area contributed by atoms with E-state index in [1.54, 1.807) is 29.7 Å². The van der Waals surface area contributed by atoms with Gasteiger partial charge in [-0.15, -0.1) is 5.10 Å². The number of aryl methyl sites for hydroxylation is 1. The number of hydrogen-bond donors (Lipinski definition) is 5. The molecule has 0 saturated heterocycles. The highest BCUT2D eigenvalue weighted by Gasteiger charge is 2.45. The van der Waals surface area contributed by atoms with Gasteiger partial charge in [0.1, 0.15) is 18.1 Å². The van der Waals surface area contributed by atoms with Gasteiger partial charge in [-0.05, 0) is 84.0 Å². The number of aliphatic hydroxyl groups is 1. The van der Waals surface area contributed by atoms with E-state index >= 15 is 0 Å². The summed E-state index contributed by atoms with van der Waals surface area (Å²) in [5.74, 6) is -0.839. The molecular weight excluding hydrogens is 823 g/mol. The van der Waals surface area contributed by atoms with Crippen molar-refractivity contribution in [2.75, 3.05) is 19.8 Å². The number of pyridine rings is 2. The van der Waals surface area contributed by atoms with Crippen molar-refractivity contribution in [1.82, 2.24) is 33.8 Å². The summed E-state index contributed by atoms with van der Waals surface area (Å²) < 4.78 is 16.2. The summed E-state index contributed by atoms with van der Waals surface area (Å²) in [6, 6.07) is 17.4. The molecule has 1 unspecified atom stereocenters. The van der Waals surface area contributed by atoms with Gasteiger partial charge >= 0.3 is 18.1 Å². The van der Waals surface area contributed by atoms with Gasteiger partial charge in [-0.2, -0.15) is 0 Å². The number of aromatic nitrogens is 6. The Bertz CT molecular complexity index is 3100. The number of rotatable bonds is 13. The fourth-order valence-electron chi connectivity index (χ4n) is 9.06. The molecule has 17 heteroatoms. The minimum Gasteiger partial charge on any atom is -0.508 e. The minimum absolute atomic E-state index is 0.0332. The molecule has 0 fully saturated rings. The third kappa shape index (κ3) is 6.96. The van der Waals surface area contributed by atoms with Crippen molar-refractivity contribution in [1.29, 1.82) is 0 Å². The van der Waals surface area contributed by atoms with Gasteiger partial charge in [-0.1, -0.05) is 38.9 Å². The number of phenolic OH excluding ortho intramolecular Hbond substituents is 2. The fraction of sp³-hybridized carbons (Fsp3) is 0.319. The molecule has 0 radical (unpaired) electrons. The zero-order chi connectivity index (χ0) is 45.2. The molecule has 0 bridgehead atoms. The van der Waals surface area contributed by atoms with Crippen molar-refractivity contribution in [3.05, 3.63) is 111 Å². The fourth-order valence-corrected chi connectivity index (χ4v) is 9.06. The maximum Gasteiger partial charge on any atom is 0.407 e. The Labute approximate surface area is 366 Å². The number of nitrogens with zero attached hydrogens (tertiary/aromatic N) is 7. The molecule has 9 rings (SSSR count). The number of cyclic esters (lactones) is 1. The first-order valence-electron chi connectivity index (χ1n) is 21.2. The van der Waals surface area contributed by atoms with Gasteiger partial charge in [0.05, 0.1) is 53.5 Å². The maximum absolute atomic E-state index is 13.7. The van der Waals surface area contributed by atoms with Gasteiger partial charge in [-0.3, -0.25) is 4.79 Å². The van der Waals surface area contributed by atoms with Crippen molar-refractivity contribution in [3.8, 4) is 46.0 Å². The van der Waals surface area contributed by atoms with Crippen molar-refractivity contribution in [2.24, 2.45) is 0 Å². The number of aromatic hydroxyl groups is 3. The Morgan fingerprint density at radius 3 is 2.53 bits per heavy atom. The molecule has 330 valence electrons. The van der Waals surface area contributed by atoms with E-state index in [1.165, 1.54) is 15.5 Å². The van der Waals surface area contributed by atoms with Crippen LogP contribution in [0.4, 0.5) is 4.79 Å². The van der Waals surface area contributed by atoms with E-state index in [0.717, 1.165) is 33.0 Å². The average Bonchev–Trinajstić information content (AvgIpc) is 3.98. The van der Waals surface area contributed by atoms with Crippen molar-refractivity contribution < 1.29 is 44.6 Å². The zero-order valence-electron chi connectivity index (χ0n) is 35.7. The SMILES string of the molecule is CCc1c2c(nc3ccc(CN(CCOCCn4ccc5cc(-n6c(O)nnc6-c6cc(C(C)C)c(O)cc6O)ccc54)C(=O)O)cc13)-c1cc3c(c(=O)n1C2)COC(=O)C3(O)CC. The molecule has 6 heterocycles. The number of hydrogen-bond acceptors (Lipinski definition) is 12. The normalized spacial score (nSPS) is 15.4. The highest BCUT2D eigenvalue weighted by atomic mass is 16.6. The van der Waals surface area contributed by atoms with Crippen LogP contribution >= 0.6 is 0 Å². The molecule has 2 aliphatic rings. The molecule has 64 heavy (non-hydrogen) atoms. The summed E-state index contributed by atoms with van der Waals surface area (Å²) in [7, 11) is 0. The van der Waals surface area contributed by atoms with Gasteiger partial charge in [0.15, 0.2) is 11.4 Å². The summed E-state index contributed by atoms with van der Waals surface area (Å²) in [4.78, 5) is 45.0. The summed E-state index contributed by atoms with van der Waals surface area (Å²) >= 11 is 0. The maximum atomic E-state index is 13.7. The second kappa shape index (κ2) is 16.1. The number of phenols is 2. The number of fused-ring (bicyclic) bond motifs is 6. The second-order valence-corrected chi connectivity index (χ2v) is 16.5. The van der Waals surface area contributed by atoms with Crippen LogP contribution in [-0.4, -0.2) is 91.1 Å². The third-order valence-corrected chi connectivity index (χ3v) is 12.5. The molecule has 2 aliphatic heterocycles. The highest BCUT2D eigenvalue weighted by Crippen LogP contribution is 2.42. The minimum atomic E-state index is -1.92. The second-order valence-electron chi connectivity index (χ2n) is 16.5. The van der Waals surface area contributed by atoms with Crippen LogP contribution in [0.2, 0.25) is 0 Å². The number of carbonyl (C=O) groups is 2. The largest absolute Gasteiger partial charge is 0.508 e. The molecule has 3 aromatic carbocycles. The van der Waals surface area contributed by atoms with E-state index in [4.69, 9.17) is 14.5 Å². The lowest BCUT2D eigenvalue weighted by molar-refractivity contribution is -0.172. The topological polar surface area (TPSA) is 228 Å². The summed E-state index contributed by atoms with van der Waals surface area (Å²) in [5, 5.41) is 62.9. The number of amides is 1. The first kappa shape index (κ1) is 42.1. The van der Waals surface area contributed by atoms with Crippen LogP contribution in [0.5, 0.6) is 17.5 Å². The molecule has 5 N–H and O–H groups in total. The Hall–Kier alpha value is -7.24. The van der Waals surface area contributed by atoms with Crippen molar-refractivity contribution in [2.45, 2.75) is 78.3 Å². The smallest absolute Gasteiger partial charge is 0.407 e. The van der Waals surface area contributed by atoms with Crippen LogP contribution in [0.25, 0.3) is 50.3 Å². The Balaban J connectivity index is 0.867. The van der Waals surface area contributed by atoms with Crippen LogP contribution in [0.3, 0.4) is 0 Å². The van der Waals surface area contributed by atoms with E-state index in [9.17, 15) is 39.9 Å². The molecule has 1 amide bonds. The van der Waals surface area contributed by atoms with Gasteiger partial charge in [-0.25, -0.2) is 19.1 Å². The lowest BCUT2D eigenvalue weighted by atomic mass is 9.86. The van der Waals surface area contributed by atoms with Gasteiger partial charge < -0.3 is 49.0 Å². The standard InChI is InChI=1S/C47H47N7O10/c1-5-29-31-17-26(7-9-36(31)48-41-33(29)23-53-38(41)20-35-34(43(53)57)24-64-44(58)47(35,62)6-2)22-52(46(60)61)14-16-63-15-13-51-12-11-27-18-28(8-10-37(27)51)54-42(49-50-45(54)59)32-19-30(25(3)4)39(55)21-40(32)56/h7-12,17-21,25,55-56,62H,5-6,13-16,22-24H2,1-4H3,(H,50,59)(H,60,61). The van der Waals surface area contributed by atoms with Crippen LogP contribution < -0.4 is 5.56 Å². The molecule has 17 nitrogen and oxygen atoms in total. The van der Waals surface area contributed by atoms with Crippen molar-refractivity contribution in [3.63, 3.8) is 0 Å². The van der Waals surface area contributed by atoms with Gasteiger partial charge in [0.2, 0.25) is 0 Å². The van der Waals surface area contributed by atoms with E-state index in [-0.39, 0.29) is 85.2 Å². The lowest BCUT2D eigenvalue weighted by Crippen LogP contribution is -2.44. The summed E-state index contributed by atoms with van der Waals surface area (Å²) in [6.45, 7) is 8.80. The molecule has 0 spiro atoms. The van der Waals surface area contributed by atoms with Gasteiger partial charge in [0, 0.05) is 59.3 Å². The van der Waals surface area contributed by atoms with Crippen molar-refractivity contribution >= 4 is 33.9 Å². The Morgan fingerprint density at radius 1 is 0.969 bits per heavy atom. The predicted molar refractivity (Wildman–Crippen MR) is 235 cm³/mol. The Kier molecular flexibility index (Phi) is 10.6. The molecule has 1 atom stereocenters. The number of esters is 1. The van der Waals surface area contributed by atoms with E-state index in [2.05, 4.69) is 10.2 Å². The van der Waals surface area contributed by atoms with Crippen LogP contribution in [0, 0.1) is 0 Å². The molecule has 4 aromatic heterocycles. The lowest BCUT2D eigenvalue weighted by Gasteiger charge is -2.31. The summed E-state index contributed by atoms with van der Waals surface area (Å²) in [5.41, 5.74) is 5.10. The molecule has 0 saturated carbocycles. The van der Waals surface area contributed by atoms with Gasteiger partial charge in [0.25, 0.3) is 5.56 Å². The number of carbonyl (C=O) groups excluding carboxylic acids is 1. The Morgan fingerprint density at radius 2 is 1.78 bits per heavy atom. The number of benzene rings is 3. The number of ether oxygens (including phenoxy) is 2. The third-order valence-electron chi connectivity index (χ3n) is 12.5. The van der Waals surface area contributed by atoms with E-state index in [0.29, 0.717) is 53.3 Å². The first-order chi connectivity index (χ1) is 30.7.